The van der Waals surface area contributed by atoms with E-state index in [2.05, 4.69) is 28.9 Å². The summed E-state index contributed by atoms with van der Waals surface area (Å²) in [6.07, 6.45) is 13.4. The lowest BCUT2D eigenvalue weighted by Gasteiger charge is -2.41. The Labute approximate surface area is 202 Å². The smallest absolute Gasteiger partial charge is 0.254 e. The second-order valence-corrected chi connectivity index (χ2v) is 9.35. The standard InChI is InChI=1S/C27H37N3O4/c31-25(28-15-13-22-8-2-1-3-9-22)20-30-17-19-34-27(21-30)14-7-6-11-23-10-4-5-12-24(23)33-18-16-29-26(27)32/h4-8,10,12H,1-3,9,11,13-21H2,(H,28,31)(H,29,32)/b7-6+. The summed E-state index contributed by atoms with van der Waals surface area (Å²) in [7, 11) is 0. The van der Waals surface area contributed by atoms with E-state index in [9.17, 15) is 9.59 Å². The Kier molecular flexibility index (Phi) is 8.77. The fraction of sp³-hybridized carbons (Fsp3) is 0.556. The first kappa shape index (κ1) is 24.5. The van der Waals surface area contributed by atoms with Gasteiger partial charge in [0.25, 0.3) is 5.91 Å². The zero-order valence-electron chi connectivity index (χ0n) is 20.0. The predicted octanol–water partition coefficient (Wildman–Crippen LogP) is 2.76. The number of carbonyl (C=O) groups is 2. The molecule has 7 nitrogen and oxygen atoms in total. The number of fused-ring (bicyclic) bond motifs is 1. The summed E-state index contributed by atoms with van der Waals surface area (Å²) in [6, 6.07) is 7.97. The number of hydrogen-bond donors (Lipinski definition) is 2. The Morgan fingerprint density at radius 1 is 1.18 bits per heavy atom. The number of nitrogens with one attached hydrogen (secondary N) is 2. The predicted molar refractivity (Wildman–Crippen MR) is 132 cm³/mol. The number of benzene rings is 1. The quantitative estimate of drug-likeness (QED) is 0.651. The number of para-hydroxylation sites is 1. The van der Waals surface area contributed by atoms with Crippen molar-refractivity contribution >= 4 is 11.8 Å². The van der Waals surface area contributed by atoms with E-state index in [0.717, 1.165) is 37.0 Å². The molecule has 2 N–H and O–H groups in total. The van der Waals surface area contributed by atoms with Gasteiger partial charge < -0.3 is 20.1 Å². The lowest BCUT2D eigenvalue weighted by molar-refractivity contribution is -0.161. The van der Waals surface area contributed by atoms with Gasteiger partial charge in [0.2, 0.25) is 5.91 Å². The number of amides is 2. The van der Waals surface area contributed by atoms with Crippen molar-refractivity contribution in [3.05, 3.63) is 53.6 Å². The molecule has 0 saturated carbocycles. The van der Waals surface area contributed by atoms with Crippen molar-refractivity contribution in [1.29, 1.82) is 0 Å². The SMILES string of the molecule is O=C(CN1CCOC2(C/C=C/Cc3ccccc3OCCNC2=O)C1)NCCC1=CCCCC1. The maximum absolute atomic E-state index is 13.2. The number of rotatable bonds is 5. The molecule has 0 bridgehead atoms. The maximum Gasteiger partial charge on any atom is 0.254 e. The molecular weight excluding hydrogens is 430 g/mol. The van der Waals surface area contributed by atoms with Gasteiger partial charge in [-0.2, -0.15) is 0 Å². The minimum absolute atomic E-state index is 0.00238. The van der Waals surface area contributed by atoms with Crippen LogP contribution in [0.15, 0.2) is 48.1 Å². The molecule has 3 aliphatic rings. The van der Waals surface area contributed by atoms with Crippen LogP contribution >= 0.6 is 0 Å². The lowest BCUT2D eigenvalue weighted by Crippen LogP contribution is -2.61. The Morgan fingerprint density at radius 2 is 2.09 bits per heavy atom. The molecule has 1 aliphatic carbocycles. The molecule has 1 aromatic rings. The highest BCUT2D eigenvalue weighted by atomic mass is 16.5. The topological polar surface area (TPSA) is 79.9 Å². The van der Waals surface area contributed by atoms with E-state index >= 15 is 0 Å². The number of hydrogen-bond acceptors (Lipinski definition) is 5. The van der Waals surface area contributed by atoms with E-state index in [0.29, 0.717) is 45.8 Å². The number of nitrogens with zero attached hydrogens (tertiary/aromatic N) is 1. The van der Waals surface area contributed by atoms with Crippen molar-refractivity contribution in [3.8, 4) is 5.75 Å². The minimum Gasteiger partial charge on any atom is -0.491 e. The Bertz CT molecular complexity index is 913. The summed E-state index contributed by atoms with van der Waals surface area (Å²) in [5.41, 5.74) is 1.58. The normalized spacial score (nSPS) is 25.1. The third-order valence-electron chi connectivity index (χ3n) is 6.77. The highest BCUT2D eigenvalue weighted by molar-refractivity contribution is 5.86. The van der Waals surface area contributed by atoms with E-state index < -0.39 is 5.60 Å². The first-order valence-electron chi connectivity index (χ1n) is 12.6. The molecule has 1 unspecified atom stereocenters. The van der Waals surface area contributed by atoms with Crippen LogP contribution in [0.3, 0.4) is 0 Å². The first-order chi connectivity index (χ1) is 16.6. The zero-order valence-corrected chi connectivity index (χ0v) is 20.0. The third kappa shape index (κ3) is 6.70. The van der Waals surface area contributed by atoms with Gasteiger partial charge in [0.15, 0.2) is 5.60 Å². The first-order valence-corrected chi connectivity index (χ1v) is 12.6. The number of carbonyl (C=O) groups excluding carboxylic acids is 2. The second-order valence-electron chi connectivity index (χ2n) is 9.35. The van der Waals surface area contributed by atoms with Crippen molar-refractivity contribution in [2.24, 2.45) is 0 Å². The number of allylic oxidation sites excluding steroid dienone is 2. The average Bonchev–Trinajstić information content (AvgIpc) is 2.85. The average molecular weight is 468 g/mol. The molecule has 0 aromatic heterocycles. The molecule has 2 aliphatic heterocycles. The molecule has 7 heteroatoms. The largest absolute Gasteiger partial charge is 0.491 e. The molecule has 0 radical (unpaired) electrons. The molecule has 2 heterocycles. The van der Waals surface area contributed by atoms with Crippen molar-refractivity contribution < 1.29 is 19.1 Å². The fourth-order valence-electron chi connectivity index (χ4n) is 4.88. The fourth-order valence-corrected chi connectivity index (χ4v) is 4.88. The molecule has 1 spiro atoms. The van der Waals surface area contributed by atoms with Crippen molar-refractivity contribution in [1.82, 2.24) is 15.5 Å². The van der Waals surface area contributed by atoms with Crippen LogP contribution in [0.2, 0.25) is 0 Å². The van der Waals surface area contributed by atoms with Gasteiger partial charge in [-0.15, -0.1) is 0 Å². The van der Waals surface area contributed by atoms with Gasteiger partial charge in [-0.1, -0.05) is 42.0 Å². The van der Waals surface area contributed by atoms with Gasteiger partial charge in [-0.25, -0.2) is 0 Å². The maximum atomic E-state index is 13.2. The second kappa shape index (κ2) is 12.2. The van der Waals surface area contributed by atoms with Gasteiger partial charge in [0, 0.05) is 26.1 Å². The van der Waals surface area contributed by atoms with Crippen LogP contribution in [0, 0.1) is 0 Å². The van der Waals surface area contributed by atoms with Crippen LogP contribution in [0.4, 0.5) is 0 Å². The Morgan fingerprint density at radius 3 is 2.97 bits per heavy atom. The van der Waals surface area contributed by atoms with Gasteiger partial charge in [-0.3, -0.25) is 14.5 Å². The van der Waals surface area contributed by atoms with E-state index in [4.69, 9.17) is 9.47 Å². The summed E-state index contributed by atoms with van der Waals surface area (Å²) in [6.45, 7) is 3.18. The summed E-state index contributed by atoms with van der Waals surface area (Å²) in [5.74, 6) is 0.703. The zero-order chi connectivity index (χ0) is 23.6. The summed E-state index contributed by atoms with van der Waals surface area (Å²) >= 11 is 0. The van der Waals surface area contributed by atoms with Crippen LogP contribution < -0.4 is 15.4 Å². The Hall–Kier alpha value is -2.64. The van der Waals surface area contributed by atoms with Crippen LogP contribution in [0.25, 0.3) is 0 Å². The highest BCUT2D eigenvalue weighted by Gasteiger charge is 2.43. The van der Waals surface area contributed by atoms with E-state index in [1.807, 2.05) is 29.2 Å². The molecule has 1 saturated heterocycles. The van der Waals surface area contributed by atoms with Crippen LogP contribution in [-0.4, -0.2) is 68.3 Å². The molecule has 2 amide bonds. The van der Waals surface area contributed by atoms with Gasteiger partial charge >= 0.3 is 0 Å². The minimum atomic E-state index is -0.999. The molecule has 4 rings (SSSR count). The Balaban J connectivity index is 1.34. The van der Waals surface area contributed by atoms with E-state index in [1.165, 1.54) is 18.4 Å². The molecule has 34 heavy (non-hydrogen) atoms. The highest BCUT2D eigenvalue weighted by Crippen LogP contribution is 2.25. The monoisotopic (exact) mass is 467 g/mol. The van der Waals surface area contributed by atoms with Crippen molar-refractivity contribution in [2.75, 3.05) is 45.9 Å². The summed E-state index contributed by atoms with van der Waals surface area (Å²) in [5, 5.41) is 6.03. The van der Waals surface area contributed by atoms with Crippen molar-refractivity contribution in [3.63, 3.8) is 0 Å². The molecular formula is C27H37N3O4. The van der Waals surface area contributed by atoms with Crippen LogP contribution in [-0.2, 0) is 20.7 Å². The van der Waals surface area contributed by atoms with Crippen molar-refractivity contribution in [2.45, 2.75) is 50.5 Å². The van der Waals surface area contributed by atoms with E-state index in [-0.39, 0.29) is 18.4 Å². The summed E-state index contributed by atoms with van der Waals surface area (Å²) < 4.78 is 12.0. The molecule has 1 fully saturated rings. The molecule has 1 atom stereocenters. The summed E-state index contributed by atoms with van der Waals surface area (Å²) in [4.78, 5) is 27.8. The van der Waals surface area contributed by atoms with Gasteiger partial charge in [0.05, 0.1) is 19.7 Å². The van der Waals surface area contributed by atoms with Crippen LogP contribution in [0.1, 0.15) is 44.1 Å². The number of morpholine rings is 1. The number of ether oxygens (including phenoxy) is 2. The third-order valence-corrected chi connectivity index (χ3v) is 6.77. The van der Waals surface area contributed by atoms with E-state index in [1.54, 1.807) is 0 Å². The van der Waals surface area contributed by atoms with Crippen LogP contribution in [0.5, 0.6) is 5.75 Å². The van der Waals surface area contributed by atoms with Gasteiger partial charge in [-0.05, 0) is 50.2 Å². The molecule has 184 valence electrons. The molecule has 1 aromatic carbocycles. The lowest BCUT2D eigenvalue weighted by atomic mass is 9.94. The van der Waals surface area contributed by atoms with Gasteiger partial charge in [0.1, 0.15) is 12.4 Å².